The third-order valence-electron chi connectivity index (χ3n) is 7.94. The van der Waals surface area contributed by atoms with Crippen LogP contribution in [-0.4, -0.2) is 53.4 Å². The zero-order valence-electron chi connectivity index (χ0n) is 16.1. The van der Waals surface area contributed by atoms with E-state index in [0.717, 1.165) is 22.2 Å². The maximum absolute atomic E-state index is 13.5. The highest BCUT2D eigenvalue weighted by molar-refractivity contribution is 7.90. The Morgan fingerprint density at radius 2 is 1.96 bits per heavy atom. The zero-order valence-corrected chi connectivity index (χ0v) is 16.9. The average molecular weight is 394 g/mol. The van der Waals surface area contributed by atoms with Crippen molar-refractivity contribution in [2.45, 2.75) is 65.1 Å². The van der Waals surface area contributed by atoms with E-state index in [4.69, 9.17) is 0 Å². The largest absolute Gasteiger partial charge is 0.274 e. The molecule has 4 rings (SSSR count). The van der Waals surface area contributed by atoms with Crippen molar-refractivity contribution in [2.24, 2.45) is 22.7 Å². The monoisotopic (exact) mass is 394 g/mol. The summed E-state index contributed by atoms with van der Waals surface area (Å²) in [5, 5.41) is 10.5. The maximum atomic E-state index is 13.5. The molecule has 27 heavy (non-hydrogen) atoms. The smallest absolute Gasteiger partial charge is 0.261 e. The number of rotatable bonds is 1. The van der Waals surface area contributed by atoms with Crippen molar-refractivity contribution in [3.63, 3.8) is 0 Å². The maximum Gasteiger partial charge on any atom is 0.261 e. The van der Waals surface area contributed by atoms with Gasteiger partial charge in [-0.2, -0.15) is 5.26 Å². The van der Waals surface area contributed by atoms with Gasteiger partial charge in [-0.05, 0) is 30.6 Å². The molecule has 2 saturated carbocycles. The first kappa shape index (κ1) is 18.7. The molecule has 2 amide bonds. The first-order chi connectivity index (χ1) is 12.5. The van der Waals surface area contributed by atoms with Crippen molar-refractivity contribution in [3.8, 4) is 6.07 Å². The normalized spacial score (nSPS) is 43.6. The summed E-state index contributed by atoms with van der Waals surface area (Å²) in [5.74, 6) is -1.07. The van der Waals surface area contributed by atoms with Crippen LogP contribution in [-0.2, 0) is 19.6 Å². The van der Waals surface area contributed by atoms with Crippen LogP contribution in [0.25, 0.3) is 0 Å². The van der Waals surface area contributed by atoms with E-state index in [2.05, 4.69) is 25.3 Å². The number of nitriles is 1. The molecule has 2 aliphatic heterocycles. The minimum absolute atomic E-state index is 0.00378. The molecule has 9 heteroatoms. The fraction of sp³-hybridized carbons (Fsp3) is 0.833. The van der Waals surface area contributed by atoms with E-state index in [0.29, 0.717) is 12.3 Å². The molecule has 0 unspecified atom stereocenters. The molecule has 0 aromatic carbocycles. The Labute approximate surface area is 159 Å². The molecule has 0 radical (unpaired) electrons. The summed E-state index contributed by atoms with van der Waals surface area (Å²) < 4.78 is 27.3. The fourth-order valence-electron chi connectivity index (χ4n) is 6.24. The van der Waals surface area contributed by atoms with Crippen molar-refractivity contribution in [1.82, 2.24) is 14.7 Å². The van der Waals surface area contributed by atoms with Gasteiger partial charge in [0.05, 0.1) is 17.9 Å². The molecule has 4 fully saturated rings. The van der Waals surface area contributed by atoms with Gasteiger partial charge in [-0.15, -0.1) is 0 Å². The van der Waals surface area contributed by atoms with Gasteiger partial charge in [-0.25, -0.2) is 18.1 Å². The van der Waals surface area contributed by atoms with Crippen LogP contribution in [0.3, 0.4) is 0 Å². The van der Waals surface area contributed by atoms with Gasteiger partial charge < -0.3 is 0 Å². The van der Waals surface area contributed by atoms with Crippen LogP contribution in [0, 0.1) is 34.0 Å². The van der Waals surface area contributed by atoms with Gasteiger partial charge in [0.1, 0.15) is 12.1 Å². The molecule has 2 saturated heterocycles. The second kappa shape index (κ2) is 5.45. The molecular weight excluding hydrogens is 368 g/mol. The van der Waals surface area contributed by atoms with Crippen LogP contribution in [0.15, 0.2) is 0 Å². The molecule has 1 N–H and O–H groups in total. The summed E-state index contributed by atoms with van der Waals surface area (Å²) in [7, 11) is -3.76. The molecule has 2 aliphatic carbocycles. The van der Waals surface area contributed by atoms with Gasteiger partial charge in [0, 0.05) is 18.3 Å². The van der Waals surface area contributed by atoms with Gasteiger partial charge in [0.15, 0.2) is 0 Å². The third-order valence-corrected chi connectivity index (χ3v) is 9.85. The number of fused-ring (bicyclic) bond motifs is 1. The summed E-state index contributed by atoms with van der Waals surface area (Å²) >= 11 is 0. The number of hydrogen-bond donors (Lipinski definition) is 1. The lowest BCUT2D eigenvalue weighted by Crippen LogP contribution is -2.54. The Morgan fingerprint density at radius 1 is 1.30 bits per heavy atom. The number of amides is 2. The number of carbonyl (C=O) groups is 2. The van der Waals surface area contributed by atoms with Crippen molar-refractivity contribution in [2.75, 3.05) is 5.75 Å². The Bertz CT molecular complexity index is 863. The minimum Gasteiger partial charge on any atom is -0.274 e. The lowest BCUT2D eigenvalue weighted by molar-refractivity contribution is -0.144. The van der Waals surface area contributed by atoms with Crippen molar-refractivity contribution < 1.29 is 18.0 Å². The molecule has 148 valence electrons. The zero-order chi connectivity index (χ0) is 19.9. The summed E-state index contributed by atoms with van der Waals surface area (Å²) in [5.41, 5.74) is 2.22. The highest BCUT2D eigenvalue weighted by atomic mass is 32.2. The first-order valence-electron chi connectivity index (χ1n) is 9.49. The summed E-state index contributed by atoms with van der Waals surface area (Å²) in [4.78, 5) is 25.5. The summed E-state index contributed by atoms with van der Waals surface area (Å²) in [6, 6.07) is 0.0165. The van der Waals surface area contributed by atoms with Crippen LogP contribution in [0.2, 0.25) is 0 Å². The predicted molar refractivity (Wildman–Crippen MR) is 96.0 cm³/mol. The van der Waals surface area contributed by atoms with Crippen LogP contribution in [0.1, 0.15) is 47.0 Å². The molecule has 6 atom stereocenters. The van der Waals surface area contributed by atoms with E-state index < -0.39 is 45.3 Å². The van der Waals surface area contributed by atoms with Gasteiger partial charge >= 0.3 is 0 Å². The quantitative estimate of drug-likeness (QED) is 0.698. The molecule has 2 heterocycles. The first-order valence-corrected chi connectivity index (χ1v) is 11.1. The predicted octanol–water partition coefficient (Wildman–Crippen LogP) is 0.617. The highest BCUT2D eigenvalue weighted by Crippen LogP contribution is 2.70. The van der Waals surface area contributed by atoms with E-state index in [1.54, 1.807) is 6.92 Å². The Balaban J connectivity index is 1.74. The van der Waals surface area contributed by atoms with Crippen molar-refractivity contribution in [1.29, 1.82) is 5.26 Å². The van der Waals surface area contributed by atoms with Gasteiger partial charge in [-0.3, -0.25) is 14.6 Å². The Hall–Kier alpha value is -1.66. The number of nitrogens with zero attached hydrogens (tertiary/aromatic N) is 3. The van der Waals surface area contributed by atoms with Gasteiger partial charge in [0.25, 0.3) is 5.91 Å². The number of sulfonamides is 1. The number of carbonyl (C=O) groups excluding carboxylic acids is 2. The number of hydrazine groups is 1. The standard InChI is InChI=1S/C18H26N4O4S/c1-10-13(8-19)20-21(11(2)23)15(10)16(24)22-14-7-12-5-6-18(14,17(12,3)4)9-27(22,25)26/h10,12-15,20H,5-7,9H2,1-4H3/t10-,12-,13-,14-,15-,18-/m0/s1. The van der Waals surface area contributed by atoms with Crippen LogP contribution in [0.5, 0.6) is 0 Å². The fourth-order valence-corrected chi connectivity index (χ4v) is 8.80. The van der Waals surface area contributed by atoms with E-state index in [1.165, 1.54) is 6.92 Å². The lowest BCUT2D eigenvalue weighted by Gasteiger charge is -2.37. The van der Waals surface area contributed by atoms with E-state index in [9.17, 15) is 23.3 Å². The second-order valence-electron chi connectivity index (χ2n) is 9.18. The molecule has 8 nitrogen and oxygen atoms in total. The molecule has 2 bridgehead atoms. The molecular formula is C18H26N4O4S. The number of hydrogen-bond acceptors (Lipinski definition) is 6. The molecule has 0 aromatic heterocycles. The van der Waals surface area contributed by atoms with Crippen molar-refractivity contribution in [3.05, 3.63) is 0 Å². The van der Waals surface area contributed by atoms with Gasteiger partial charge in [0.2, 0.25) is 15.9 Å². The third kappa shape index (κ3) is 2.14. The summed E-state index contributed by atoms with van der Waals surface area (Å²) in [6.45, 7) is 7.26. The topological polar surface area (TPSA) is 111 Å². The average Bonchev–Trinajstić information content (AvgIpc) is 3.17. The van der Waals surface area contributed by atoms with Gasteiger partial charge in [-0.1, -0.05) is 20.8 Å². The van der Waals surface area contributed by atoms with E-state index in [-0.39, 0.29) is 17.2 Å². The van der Waals surface area contributed by atoms with Crippen LogP contribution in [0.4, 0.5) is 0 Å². The molecule has 0 aromatic rings. The molecule has 4 aliphatic rings. The number of nitrogens with one attached hydrogen (secondary N) is 1. The van der Waals surface area contributed by atoms with Crippen LogP contribution >= 0.6 is 0 Å². The lowest BCUT2D eigenvalue weighted by atomic mass is 9.69. The van der Waals surface area contributed by atoms with Crippen LogP contribution < -0.4 is 5.43 Å². The molecule has 1 spiro atoms. The summed E-state index contributed by atoms with van der Waals surface area (Å²) in [6.07, 6.45) is 2.50. The van der Waals surface area contributed by atoms with E-state index in [1.807, 2.05) is 0 Å². The highest BCUT2D eigenvalue weighted by Gasteiger charge is 2.73. The second-order valence-corrected chi connectivity index (χ2v) is 11.0. The SMILES string of the molecule is CC(=O)N1N[C@@H](C#N)[C@H](C)[C@H]1C(=O)N1[C@H]2C[C@@H]3CC[C@@]2(CS1(=O)=O)C3(C)C. The Kier molecular flexibility index (Phi) is 3.77. The minimum atomic E-state index is -3.76. The van der Waals surface area contributed by atoms with E-state index >= 15 is 0 Å². The Morgan fingerprint density at radius 3 is 2.52 bits per heavy atom. The van der Waals surface area contributed by atoms with Crippen molar-refractivity contribution >= 4 is 21.8 Å².